The number of anilines is 4. The molecule has 4 amide bonds. The fraction of sp³-hybridized carbons (Fsp3) is 0.298. The molecule has 4 aromatic carbocycles. The van der Waals surface area contributed by atoms with Crippen molar-refractivity contribution in [3.05, 3.63) is 180 Å². The van der Waals surface area contributed by atoms with Crippen molar-refractivity contribution in [3.63, 3.8) is 0 Å². The molecule has 4 aromatic heterocycles. The van der Waals surface area contributed by atoms with Crippen molar-refractivity contribution in [1.29, 1.82) is 0 Å². The van der Waals surface area contributed by atoms with Gasteiger partial charge in [0, 0.05) is 110 Å². The molecule has 24 heteroatoms. The highest BCUT2D eigenvalue weighted by atomic mass is 79.9. The zero-order chi connectivity index (χ0) is 56.9. The Morgan fingerprint density at radius 3 is 1.40 bits per heavy atom. The van der Waals surface area contributed by atoms with Gasteiger partial charge in [-0.05, 0) is 92.1 Å². The van der Waals surface area contributed by atoms with E-state index in [1.165, 1.54) is 66.4 Å². The van der Waals surface area contributed by atoms with Crippen LogP contribution in [-0.4, -0.2) is 112 Å². The van der Waals surface area contributed by atoms with Crippen LogP contribution < -0.4 is 30.2 Å². The number of rotatable bonds is 17. The molecule has 6 heterocycles. The Kier molecular flexibility index (Phi) is 21.6. The molecule has 2 aliphatic rings. The number of hydrogen-bond acceptors (Lipinski definition) is 13. The normalized spacial score (nSPS) is 13.4. The van der Waals surface area contributed by atoms with E-state index in [0.29, 0.717) is 36.3 Å². The van der Waals surface area contributed by atoms with Crippen molar-refractivity contribution >= 4 is 51.0 Å². The number of alkyl halides is 5. The lowest BCUT2D eigenvalue weighted by Gasteiger charge is -2.35. The number of amides is 4. The number of halogens is 7. The molecular formula is C57H58BrF6N13O4. The van der Waals surface area contributed by atoms with Gasteiger partial charge >= 0.3 is 24.9 Å². The fourth-order valence-electron chi connectivity index (χ4n) is 8.68. The van der Waals surface area contributed by atoms with E-state index in [2.05, 4.69) is 83.8 Å². The van der Waals surface area contributed by atoms with E-state index in [1.54, 1.807) is 54.7 Å². The van der Waals surface area contributed by atoms with Gasteiger partial charge in [-0.1, -0.05) is 76.6 Å². The first kappa shape index (κ1) is 58.8. The Bertz CT molecular complexity index is 3200. The number of benzene rings is 4. The topological polar surface area (TPSA) is 178 Å². The van der Waals surface area contributed by atoms with E-state index >= 15 is 4.39 Å². The number of aromatic nitrogens is 6. The van der Waals surface area contributed by atoms with Crippen LogP contribution in [0.15, 0.2) is 155 Å². The van der Waals surface area contributed by atoms with Crippen LogP contribution in [0.4, 0.5) is 58.9 Å². The summed E-state index contributed by atoms with van der Waals surface area (Å²) in [5.74, 6) is -1.24. The standard InChI is InChI=1S/C28H28F3N7O2.C19H16BrF3N4O2.C10H14N2/c29-23-18-20(26-34-35-27(40-26)25(30)31)9-10-21(23)19-38(22-6-2-1-3-7-22)28(39)33-12-13-36-14-16-37(17-15-36)24-8-4-5-11-32-24;20-8-9-24-19(28)27(14-4-2-1-3-5-14)11-13-7-6-12(10-15(13)21)17-25-26-18(29-17)16(22)23;1-4-8-12(9-5-1)10-6-2-3-7-11-10/h1-11,18,25H,12-17,19H2,(H,33,39);1-7,10,16H,8-9,11H2,(H,24,28);2-3,6-7H,1,4-5,8-9H2. The number of piperidine rings is 1. The monoisotopic (exact) mass is 1180 g/mol. The first-order chi connectivity index (χ1) is 39.4. The summed E-state index contributed by atoms with van der Waals surface area (Å²) in [4.78, 5) is 44.3. The molecule has 2 fully saturated rings. The SMILES string of the molecule is O=C(NCCBr)N(Cc1ccc(-c2nnc(C(F)F)o2)cc1F)c1ccccc1.O=C(NCCN1CCN(c2ccccn2)CC1)N(Cc1ccc(-c2nnc(C(F)F)o2)cc1F)c1ccccc1.c1ccc(N2CCCCC2)nc1. The Hall–Kier alpha value is -8.38. The first-order valence-electron chi connectivity index (χ1n) is 26.1. The van der Waals surface area contributed by atoms with Crippen LogP contribution in [0.3, 0.4) is 0 Å². The van der Waals surface area contributed by atoms with Gasteiger partial charge in [-0.2, -0.15) is 17.6 Å². The lowest BCUT2D eigenvalue weighted by Crippen LogP contribution is -2.49. The predicted octanol–water partition coefficient (Wildman–Crippen LogP) is 11.7. The minimum absolute atomic E-state index is 0.0314. The molecule has 8 aromatic rings. The van der Waals surface area contributed by atoms with Gasteiger partial charge < -0.3 is 29.3 Å². The maximum Gasteiger partial charge on any atom is 0.322 e. The van der Waals surface area contributed by atoms with E-state index in [4.69, 9.17) is 8.83 Å². The van der Waals surface area contributed by atoms with Crippen molar-refractivity contribution in [1.82, 2.24) is 45.9 Å². The highest BCUT2D eigenvalue weighted by Crippen LogP contribution is 2.29. The summed E-state index contributed by atoms with van der Waals surface area (Å²) >= 11 is 3.24. The highest BCUT2D eigenvalue weighted by molar-refractivity contribution is 9.09. The van der Waals surface area contributed by atoms with Gasteiger partial charge in [0.15, 0.2) is 0 Å². The molecule has 0 atom stereocenters. The third kappa shape index (κ3) is 16.8. The molecule has 0 saturated carbocycles. The average Bonchev–Trinajstić information content (AvgIpc) is 4.33. The number of urea groups is 2. The van der Waals surface area contributed by atoms with Crippen LogP contribution >= 0.6 is 15.9 Å². The summed E-state index contributed by atoms with van der Waals surface area (Å²) in [6.45, 7) is 7.20. The maximum absolute atomic E-state index is 15.1. The number of nitrogens with one attached hydrogen (secondary N) is 2. The van der Waals surface area contributed by atoms with E-state index in [0.717, 1.165) is 49.9 Å². The number of pyridine rings is 2. The van der Waals surface area contributed by atoms with E-state index in [9.17, 15) is 31.5 Å². The zero-order valence-electron chi connectivity index (χ0n) is 43.8. The number of nitrogens with zero attached hydrogens (tertiary/aromatic N) is 11. The van der Waals surface area contributed by atoms with E-state index in [1.807, 2.05) is 42.6 Å². The Balaban J connectivity index is 0.000000182. The Morgan fingerprint density at radius 1 is 0.543 bits per heavy atom. The van der Waals surface area contributed by atoms with Gasteiger partial charge in [0.1, 0.15) is 23.3 Å². The highest BCUT2D eigenvalue weighted by Gasteiger charge is 2.24. The molecule has 2 aliphatic heterocycles. The van der Waals surface area contributed by atoms with Gasteiger partial charge in [0.05, 0.1) is 13.1 Å². The van der Waals surface area contributed by atoms with Gasteiger partial charge in [-0.25, -0.2) is 28.3 Å². The average molecular weight is 1180 g/mol. The smallest absolute Gasteiger partial charge is 0.322 e. The molecule has 2 saturated heterocycles. The summed E-state index contributed by atoms with van der Waals surface area (Å²) < 4.78 is 90.3. The van der Waals surface area contributed by atoms with Crippen LogP contribution in [0, 0.1) is 11.6 Å². The number of hydrogen-bond donors (Lipinski definition) is 2. The van der Waals surface area contributed by atoms with Gasteiger partial charge in [0.2, 0.25) is 11.8 Å². The molecule has 17 nitrogen and oxygen atoms in total. The second kappa shape index (κ2) is 29.7. The quantitative estimate of drug-likeness (QED) is 0.0651. The van der Waals surface area contributed by atoms with Crippen molar-refractivity contribution in [2.45, 2.75) is 45.2 Å². The molecule has 0 unspecified atom stereocenters. The van der Waals surface area contributed by atoms with Crippen LogP contribution in [-0.2, 0) is 13.1 Å². The van der Waals surface area contributed by atoms with Gasteiger partial charge in [0.25, 0.3) is 11.8 Å². The number of para-hydroxylation sites is 2. The number of carbonyl (C=O) groups is 2. The van der Waals surface area contributed by atoms with Crippen LogP contribution in [0.5, 0.6) is 0 Å². The molecule has 0 bridgehead atoms. The van der Waals surface area contributed by atoms with Crippen LogP contribution in [0.1, 0.15) is 55.0 Å². The van der Waals surface area contributed by atoms with Crippen molar-refractivity contribution in [2.24, 2.45) is 0 Å². The van der Waals surface area contributed by atoms with E-state index < -0.39 is 36.3 Å². The third-order valence-electron chi connectivity index (χ3n) is 12.9. The van der Waals surface area contributed by atoms with Crippen molar-refractivity contribution < 1.29 is 44.8 Å². The molecule has 0 spiro atoms. The lowest BCUT2D eigenvalue weighted by molar-refractivity contribution is 0.115. The van der Waals surface area contributed by atoms with E-state index in [-0.39, 0.29) is 59.2 Å². The second-order valence-corrected chi connectivity index (χ2v) is 19.1. The number of carbonyl (C=O) groups excluding carboxylic acids is 2. The Labute approximate surface area is 472 Å². The summed E-state index contributed by atoms with van der Waals surface area (Å²) in [6.07, 6.45) is 1.84. The third-order valence-corrected chi connectivity index (χ3v) is 13.3. The van der Waals surface area contributed by atoms with Crippen LogP contribution in [0.2, 0.25) is 0 Å². The molecular weight excluding hydrogens is 1120 g/mol. The molecule has 81 heavy (non-hydrogen) atoms. The van der Waals surface area contributed by atoms with Crippen molar-refractivity contribution in [2.75, 3.05) is 83.8 Å². The summed E-state index contributed by atoms with van der Waals surface area (Å²) in [6, 6.07) is 37.2. The predicted molar refractivity (Wildman–Crippen MR) is 298 cm³/mol. The largest absolute Gasteiger partial charge is 0.415 e. The lowest BCUT2D eigenvalue weighted by atomic mass is 10.1. The molecule has 0 aliphatic carbocycles. The molecule has 0 radical (unpaired) electrons. The Morgan fingerprint density at radius 2 is 0.988 bits per heavy atom. The minimum Gasteiger partial charge on any atom is -0.415 e. The van der Waals surface area contributed by atoms with Crippen LogP contribution in [0.25, 0.3) is 22.9 Å². The van der Waals surface area contributed by atoms with Gasteiger partial charge in [-0.15, -0.1) is 20.4 Å². The zero-order valence-corrected chi connectivity index (χ0v) is 45.4. The molecule has 424 valence electrons. The second-order valence-electron chi connectivity index (χ2n) is 18.4. The first-order valence-corrected chi connectivity index (χ1v) is 27.2. The summed E-state index contributed by atoms with van der Waals surface area (Å²) in [5, 5.41) is 19.8. The molecule has 2 N–H and O–H groups in total. The minimum atomic E-state index is -2.92. The van der Waals surface area contributed by atoms with Crippen molar-refractivity contribution in [3.8, 4) is 22.9 Å². The number of piperazine rings is 1. The summed E-state index contributed by atoms with van der Waals surface area (Å²) in [7, 11) is 0. The maximum atomic E-state index is 15.1. The van der Waals surface area contributed by atoms with Gasteiger partial charge in [-0.3, -0.25) is 14.7 Å². The summed E-state index contributed by atoms with van der Waals surface area (Å²) in [5.41, 5.74) is 2.01. The fourth-order valence-corrected chi connectivity index (χ4v) is 8.88. The molecule has 10 rings (SSSR count).